The lowest BCUT2D eigenvalue weighted by atomic mass is 9.96. The van der Waals surface area contributed by atoms with E-state index < -0.39 is 124 Å². The second kappa shape index (κ2) is 25.4. The number of carbonyl (C=O) groups excluding carboxylic acids is 1. The van der Waals surface area contributed by atoms with Gasteiger partial charge in [0.25, 0.3) is 0 Å². The van der Waals surface area contributed by atoms with E-state index in [0.29, 0.717) is 12.8 Å². The molecule has 0 bridgehead atoms. The Morgan fingerprint density at radius 3 is 1.55 bits per heavy atom. The molecule has 12 N–H and O–H groups in total. The first-order valence-electron chi connectivity index (χ1n) is 20.3. The maximum Gasteiger partial charge on any atom is 0.220 e. The molecule has 0 aliphatic carbocycles. The van der Waals surface area contributed by atoms with Crippen LogP contribution in [0.1, 0.15) is 97.3 Å². The number of nitrogens with one attached hydrogen (secondary N) is 1. The van der Waals surface area contributed by atoms with Crippen molar-refractivity contribution >= 4 is 5.91 Å². The number of hydrogen-bond acceptors (Lipinski definition) is 18. The monoisotopic (exact) mass is 815 g/mol. The summed E-state index contributed by atoms with van der Waals surface area (Å²) in [5.41, 5.74) is 0. The summed E-state index contributed by atoms with van der Waals surface area (Å²) in [7, 11) is 0. The Hall–Kier alpha value is -1.21. The third-order valence-corrected chi connectivity index (χ3v) is 10.7. The molecule has 17 atom stereocenters. The van der Waals surface area contributed by atoms with E-state index in [9.17, 15) is 61.0 Å². The first-order valence-corrected chi connectivity index (χ1v) is 20.3. The zero-order chi connectivity index (χ0) is 41.4. The fourth-order valence-electron chi connectivity index (χ4n) is 7.13. The van der Waals surface area contributed by atoms with Crippen molar-refractivity contribution in [2.45, 2.75) is 202 Å². The lowest BCUT2D eigenvalue weighted by Gasteiger charge is -2.48. The smallest absolute Gasteiger partial charge is 0.220 e. The van der Waals surface area contributed by atoms with Crippen molar-refractivity contribution in [3.63, 3.8) is 0 Å². The van der Waals surface area contributed by atoms with Crippen LogP contribution in [0.2, 0.25) is 0 Å². The number of aliphatic hydroxyl groups is 11. The Balaban J connectivity index is 1.63. The van der Waals surface area contributed by atoms with Gasteiger partial charge in [-0.2, -0.15) is 0 Å². The molecule has 0 aromatic heterocycles. The quantitative estimate of drug-likeness (QED) is 0.0421. The maximum absolute atomic E-state index is 12.8. The van der Waals surface area contributed by atoms with Gasteiger partial charge in [0.2, 0.25) is 5.91 Å². The first-order chi connectivity index (χ1) is 26.8. The second-order valence-electron chi connectivity index (χ2n) is 15.1. The van der Waals surface area contributed by atoms with E-state index >= 15 is 0 Å². The highest BCUT2D eigenvalue weighted by Gasteiger charge is 2.53. The summed E-state index contributed by atoms with van der Waals surface area (Å²) < 4.78 is 33.8. The molecule has 330 valence electrons. The van der Waals surface area contributed by atoms with Crippen molar-refractivity contribution in [1.82, 2.24) is 5.32 Å². The Morgan fingerprint density at radius 1 is 0.571 bits per heavy atom. The topological polar surface area (TPSA) is 307 Å². The van der Waals surface area contributed by atoms with E-state index in [0.717, 1.165) is 57.8 Å². The van der Waals surface area contributed by atoms with E-state index in [1.54, 1.807) is 0 Å². The average molecular weight is 816 g/mol. The highest BCUT2D eigenvalue weighted by molar-refractivity contribution is 5.76. The molecule has 3 heterocycles. The summed E-state index contributed by atoms with van der Waals surface area (Å²) in [5, 5.41) is 118. The van der Waals surface area contributed by atoms with Crippen LogP contribution in [0, 0.1) is 0 Å². The van der Waals surface area contributed by atoms with Gasteiger partial charge in [0.1, 0.15) is 73.2 Å². The summed E-state index contributed by atoms with van der Waals surface area (Å²) in [6.07, 6.45) is -14.9. The van der Waals surface area contributed by atoms with E-state index in [4.69, 9.17) is 28.4 Å². The maximum atomic E-state index is 12.8. The van der Waals surface area contributed by atoms with Gasteiger partial charge in [-0.1, -0.05) is 78.1 Å². The fraction of sp³-hybridized carbons (Fsp3) is 0.973. The molecule has 0 aromatic rings. The van der Waals surface area contributed by atoms with Crippen LogP contribution in [0.25, 0.3) is 0 Å². The third kappa shape index (κ3) is 13.9. The van der Waals surface area contributed by atoms with Crippen LogP contribution in [0.3, 0.4) is 0 Å². The molecule has 3 saturated heterocycles. The van der Waals surface area contributed by atoms with Gasteiger partial charge in [0.05, 0.1) is 38.6 Å². The SMILES string of the molecule is CCCCCCCCCC(O)C(COC1OC(CO)C(OC2OC(CO)C(OC3OC(CO)C(O)C(O)C3O)C(O)C2O)C(O)C1O)NC(=O)CCCCCC. The summed E-state index contributed by atoms with van der Waals surface area (Å²) in [4.78, 5) is 12.8. The summed E-state index contributed by atoms with van der Waals surface area (Å²) >= 11 is 0. The number of ether oxygens (including phenoxy) is 6. The highest BCUT2D eigenvalue weighted by Crippen LogP contribution is 2.33. The van der Waals surface area contributed by atoms with Gasteiger partial charge < -0.3 is 89.9 Å². The Labute approximate surface area is 328 Å². The van der Waals surface area contributed by atoms with Crippen molar-refractivity contribution in [3.05, 3.63) is 0 Å². The minimum Gasteiger partial charge on any atom is -0.394 e. The summed E-state index contributed by atoms with van der Waals surface area (Å²) in [6, 6.07) is -0.871. The molecule has 17 unspecified atom stereocenters. The molecule has 19 nitrogen and oxygen atoms in total. The first kappa shape index (κ1) is 49.2. The lowest BCUT2D eigenvalue weighted by Crippen LogP contribution is -2.66. The molecular formula is C37H69NO18. The molecular weight excluding hydrogens is 746 g/mol. The van der Waals surface area contributed by atoms with Crippen LogP contribution >= 0.6 is 0 Å². The number of aliphatic hydroxyl groups excluding tert-OH is 11. The van der Waals surface area contributed by atoms with Gasteiger partial charge >= 0.3 is 0 Å². The molecule has 0 saturated carbocycles. The van der Waals surface area contributed by atoms with Crippen LogP contribution in [0.4, 0.5) is 0 Å². The minimum absolute atomic E-state index is 0.259. The number of carbonyl (C=O) groups is 1. The van der Waals surface area contributed by atoms with Crippen molar-refractivity contribution in [1.29, 1.82) is 0 Å². The minimum atomic E-state index is -1.96. The largest absolute Gasteiger partial charge is 0.394 e. The average Bonchev–Trinajstić information content (AvgIpc) is 3.19. The number of rotatable bonds is 25. The summed E-state index contributed by atoms with van der Waals surface area (Å²) in [5.74, 6) is -0.268. The van der Waals surface area contributed by atoms with E-state index in [-0.39, 0.29) is 18.9 Å². The molecule has 56 heavy (non-hydrogen) atoms. The Morgan fingerprint density at radius 2 is 1.02 bits per heavy atom. The van der Waals surface area contributed by atoms with Gasteiger partial charge in [-0.25, -0.2) is 0 Å². The summed E-state index contributed by atoms with van der Waals surface area (Å²) in [6.45, 7) is 1.51. The molecule has 0 radical (unpaired) electrons. The third-order valence-electron chi connectivity index (χ3n) is 10.7. The van der Waals surface area contributed by atoms with Crippen molar-refractivity contribution in [2.75, 3.05) is 26.4 Å². The molecule has 3 aliphatic heterocycles. The van der Waals surface area contributed by atoms with Gasteiger partial charge in [0, 0.05) is 6.42 Å². The molecule has 19 heteroatoms. The molecule has 3 aliphatic rings. The van der Waals surface area contributed by atoms with Crippen LogP contribution in [0.15, 0.2) is 0 Å². The number of unbranched alkanes of at least 4 members (excludes halogenated alkanes) is 9. The Kier molecular flexibility index (Phi) is 22.3. The normalized spacial score (nSPS) is 37.6. The number of amides is 1. The van der Waals surface area contributed by atoms with Gasteiger partial charge in [-0.3, -0.25) is 4.79 Å². The molecule has 1 amide bonds. The van der Waals surface area contributed by atoms with E-state index in [2.05, 4.69) is 19.2 Å². The Bertz CT molecular complexity index is 1070. The van der Waals surface area contributed by atoms with E-state index in [1.165, 1.54) is 6.42 Å². The highest BCUT2D eigenvalue weighted by atomic mass is 16.8. The van der Waals surface area contributed by atoms with Gasteiger partial charge in [-0.05, 0) is 12.8 Å². The zero-order valence-corrected chi connectivity index (χ0v) is 32.6. The van der Waals surface area contributed by atoms with Gasteiger partial charge in [0.15, 0.2) is 18.9 Å². The van der Waals surface area contributed by atoms with Crippen LogP contribution in [-0.4, -0.2) is 193 Å². The molecule has 3 rings (SSSR count). The molecule has 0 aromatic carbocycles. The molecule has 0 spiro atoms. The molecule has 3 fully saturated rings. The number of hydrogen-bond donors (Lipinski definition) is 12. The van der Waals surface area contributed by atoms with Crippen molar-refractivity contribution < 1.29 is 89.4 Å². The van der Waals surface area contributed by atoms with E-state index in [1.807, 2.05) is 0 Å². The second-order valence-corrected chi connectivity index (χ2v) is 15.1. The predicted octanol–water partition coefficient (Wildman–Crippen LogP) is -2.59. The fourth-order valence-corrected chi connectivity index (χ4v) is 7.13. The lowest BCUT2D eigenvalue weighted by molar-refractivity contribution is -0.379. The van der Waals surface area contributed by atoms with Crippen LogP contribution in [-0.2, 0) is 33.2 Å². The standard InChI is InChI=1S/C37H69NO18/c1-3-5-7-9-10-11-12-14-21(42)20(38-25(43)15-13-8-6-4-2)19-51-35-31(49)28(46)33(23(17-40)53-35)56-37-32(50)29(47)34(24(18-41)54-37)55-36-30(48)27(45)26(44)22(16-39)52-36/h20-24,26-37,39-42,44-50H,3-19H2,1-2H3,(H,38,43). The van der Waals surface area contributed by atoms with Crippen molar-refractivity contribution in [3.8, 4) is 0 Å². The van der Waals surface area contributed by atoms with Gasteiger partial charge in [-0.15, -0.1) is 0 Å². The van der Waals surface area contributed by atoms with Crippen LogP contribution in [0.5, 0.6) is 0 Å². The van der Waals surface area contributed by atoms with Crippen molar-refractivity contribution in [2.24, 2.45) is 0 Å². The predicted molar refractivity (Wildman–Crippen MR) is 194 cm³/mol. The zero-order valence-electron chi connectivity index (χ0n) is 32.6. The van der Waals surface area contributed by atoms with Crippen LogP contribution < -0.4 is 5.32 Å².